The van der Waals surface area contributed by atoms with Crippen molar-refractivity contribution in [3.8, 4) is 0 Å². The van der Waals surface area contributed by atoms with E-state index in [-0.39, 0.29) is 39.5 Å². The second kappa shape index (κ2) is 13.9. The van der Waals surface area contributed by atoms with Crippen LogP contribution in [0.15, 0.2) is 108 Å². The molecule has 0 radical (unpaired) electrons. The number of carbonyl (C=O) groups is 2. The standard InChI is InChI=1S/C32H31Cl2N3O4S/c1-23-13-15-25(16-14-23)21-36(30(32(39)35-2)19-24-9-5-3-6-10-24)31(38)22-37(29-20-26(33)17-18-28(29)34)42(40,41)27-11-7-4-8-12-27/h3-18,20,30H,19,21-22H2,1-2H3,(H,35,39). The second-order valence-corrected chi connectivity index (χ2v) is 12.5. The minimum atomic E-state index is -4.27. The molecule has 4 aromatic carbocycles. The zero-order valence-corrected chi connectivity index (χ0v) is 25.5. The van der Waals surface area contributed by atoms with Crippen LogP contribution in [0, 0.1) is 6.92 Å². The fourth-order valence-corrected chi connectivity index (χ4v) is 6.40. The molecule has 0 aromatic heterocycles. The number of amides is 2. The van der Waals surface area contributed by atoms with Gasteiger partial charge in [-0.05, 0) is 48.4 Å². The summed E-state index contributed by atoms with van der Waals surface area (Å²) in [4.78, 5) is 29.0. The van der Waals surface area contributed by atoms with Crippen molar-refractivity contribution < 1.29 is 18.0 Å². The number of halogens is 2. The van der Waals surface area contributed by atoms with Crippen molar-refractivity contribution in [2.24, 2.45) is 0 Å². The molecule has 4 aromatic rings. The van der Waals surface area contributed by atoms with E-state index in [0.29, 0.717) is 0 Å². The van der Waals surface area contributed by atoms with Gasteiger partial charge in [0.15, 0.2) is 0 Å². The van der Waals surface area contributed by atoms with Gasteiger partial charge in [-0.15, -0.1) is 0 Å². The Morgan fingerprint density at radius 3 is 2.07 bits per heavy atom. The average molecular weight is 625 g/mol. The predicted molar refractivity (Wildman–Crippen MR) is 167 cm³/mol. The van der Waals surface area contributed by atoms with Crippen molar-refractivity contribution >= 4 is 50.7 Å². The van der Waals surface area contributed by atoms with Gasteiger partial charge in [0.25, 0.3) is 10.0 Å². The van der Waals surface area contributed by atoms with E-state index in [2.05, 4.69) is 5.32 Å². The van der Waals surface area contributed by atoms with Crippen molar-refractivity contribution in [3.63, 3.8) is 0 Å². The highest BCUT2D eigenvalue weighted by molar-refractivity contribution is 7.92. The van der Waals surface area contributed by atoms with Crippen molar-refractivity contribution in [1.82, 2.24) is 10.2 Å². The van der Waals surface area contributed by atoms with E-state index in [1.165, 1.54) is 42.3 Å². The molecule has 0 aliphatic rings. The molecule has 0 saturated heterocycles. The number of rotatable bonds is 11. The lowest BCUT2D eigenvalue weighted by molar-refractivity contribution is -0.139. The number of benzene rings is 4. The SMILES string of the molecule is CNC(=O)C(Cc1ccccc1)N(Cc1ccc(C)cc1)C(=O)CN(c1cc(Cl)ccc1Cl)S(=O)(=O)c1ccccc1. The van der Waals surface area contributed by atoms with Crippen LogP contribution in [0.1, 0.15) is 16.7 Å². The molecule has 4 rings (SSSR count). The van der Waals surface area contributed by atoms with Gasteiger partial charge >= 0.3 is 0 Å². The van der Waals surface area contributed by atoms with Crippen LogP contribution in [0.4, 0.5) is 5.69 Å². The highest BCUT2D eigenvalue weighted by Gasteiger charge is 2.35. The monoisotopic (exact) mass is 623 g/mol. The van der Waals surface area contributed by atoms with Gasteiger partial charge in [-0.3, -0.25) is 13.9 Å². The Hall–Kier alpha value is -3.85. The first-order valence-corrected chi connectivity index (χ1v) is 15.4. The largest absolute Gasteiger partial charge is 0.357 e. The Balaban J connectivity index is 1.81. The third-order valence-electron chi connectivity index (χ3n) is 6.78. The van der Waals surface area contributed by atoms with Crippen LogP contribution in [0.3, 0.4) is 0 Å². The molecule has 1 N–H and O–H groups in total. The van der Waals surface area contributed by atoms with Crippen LogP contribution in [-0.2, 0) is 32.6 Å². The molecule has 0 heterocycles. The third-order valence-corrected chi connectivity index (χ3v) is 9.11. The zero-order chi connectivity index (χ0) is 30.3. The Labute approximate surface area is 256 Å². The lowest BCUT2D eigenvalue weighted by atomic mass is 10.0. The molecule has 0 bridgehead atoms. The maximum atomic E-state index is 14.3. The van der Waals surface area contributed by atoms with Crippen molar-refractivity contribution in [1.29, 1.82) is 0 Å². The van der Waals surface area contributed by atoms with Crippen LogP contribution < -0.4 is 9.62 Å². The van der Waals surface area contributed by atoms with E-state index in [1.807, 2.05) is 61.5 Å². The molecule has 0 aliphatic heterocycles. The Morgan fingerprint density at radius 2 is 1.45 bits per heavy atom. The van der Waals surface area contributed by atoms with Crippen molar-refractivity contribution in [3.05, 3.63) is 130 Å². The van der Waals surface area contributed by atoms with E-state index in [0.717, 1.165) is 21.0 Å². The minimum absolute atomic E-state index is 0.0222. The van der Waals surface area contributed by atoms with E-state index < -0.39 is 28.5 Å². The summed E-state index contributed by atoms with van der Waals surface area (Å²) in [5.41, 5.74) is 2.73. The summed E-state index contributed by atoms with van der Waals surface area (Å²) in [5, 5.41) is 3.02. The smallest absolute Gasteiger partial charge is 0.264 e. The summed E-state index contributed by atoms with van der Waals surface area (Å²) in [5.74, 6) is -0.965. The lowest BCUT2D eigenvalue weighted by Gasteiger charge is -2.33. The lowest BCUT2D eigenvalue weighted by Crippen LogP contribution is -2.53. The quantitative estimate of drug-likeness (QED) is 0.226. The summed E-state index contributed by atoms with van der Waals surface area (Å²) >= 11 is 12.7. The minimum Gasteiger partial charge on any atom is -0.357 e. The van der Waals surface area contributed by atoms with Gasteiger partial charge < -0.3 is 10.2 Å². The Morgan fingerprint density at radius 1 is 0.833 bits per heavy atom. The van der Waals surface area contributed by atoms with E-state index in [4.69, 9.17) is 23.2 Å². The van der Waals surface area contributed by atoms with Gasteiger partial charge in [-0.2, -0.15) is 0 Å². The van der Waals surface area contributed by atoms with Crippen LogP contribution in [-0.4, -0.2) is 44.8 Å². The number of anilines is 1. The predicted octanol–water partition coefficient (Wildman–Crippen LogP) is 5.88. The molecule has 0 spiro atoms. The van der Waals surface area contributed by atoms with Gasteiger partial charge in [0, 0.05) is 25.0 Å². The number of hydrogen-bond donors (Lipinski definition) is 1. The molecule has 1 unspecified atom stereocenters. The molecular weight excluding hydrogens is 593 g/mol. The first-order valence-electron chi connectivity index (χ1n) is 13.2. The van der Waals surface area contributed by atoms with Crippen LogP contribution >= 0.6 is 23.2 Å². The van der Waals surface area contributed by atoms with E-state index in [1.54, 1.807) is 18.2 Å². The van der Waals surface area contributed by atoms with Crippen LogP contribution in [0.25, 0.3) is 0 Å². The maximum Gasteiger partial charge on any atom is 0.264 e. The molecule has 0 aliphatic carbocycles. The number of aryl methyl sites for hydroxylation is 1. The zero-order valence-electron chi connectivity index (χ0n) is 23.2. The molecule has 42 heavy (non-hydrogen) atoms. The first-order chi connectivity index (χ1) is 20.1. The van der Waals surface area contributed by atoms with Gasteiger partial charge in [0.2, 0.25) is 11.8 Å². The Kier molecular flexibility index (Phi) is 10.3. The normalized spacial score (nSPS) is 11.9. The Bertz CT molecular complexity index is 1630. The fraction of sp³-hybridized carbons (Fsp3) is 0.188. The summed E-state index contributed by atoms with van der Waals surface area (Å²) in [6.07, 6.45) is 0.224. The molecule has 218 valence electrons. The average Bonchev–Trinajstić information content (AvgIpc) is 3.00. The first kappa shape index (κ1) is 31.1. The molecular formula is C32H31Cl2N3O4S. The number of carbonyl (C=O) groups excluding carboxylic acids is 2. The van der Waals surface area contributed by atoms with Crippen molar-refractivity contribution in [2.45, 2.75) is 30.8 Å². The molecule has 10 heteroatoms. The molecule has 1 atom stereocenters. The number of nitrogens with zero attached hydrogens (tertiary/aromatic N) is 2. The second-order valence-electron chi connectivity index (χ2n) is 9.75. The van der Waals surface area contributed by atoms with Gasteiger partial charge in [-0.25, -0.2) is 8.42 Å². The highest BCUT2D eigenvalue weighted by atomic mass is 35.5. The van der Waals surface area contributed by atoms with Gasteiger partial charge in [0.05, 0.1) is 15.6 Å². The summed E-state index contributed by atoms with van der Waals surface area (Å²) in [6.45, 7) is 1.41. The molecule has 7 nitrogen and oxygen atoms in total. The summed E-state index contributed by atoms with van der Waals surface area (Å²) in [6, 6.07) is 28.2. The number of nitrogens with one attached hydrogen (secondary N) is 1. The summed E-state index contributed by atoms with van der Waals surface area (Å²) < 4.78 is 28.9. The highest BCUT2D eigenvalue weighted by Crippen LogP contribution is 2.33. The topological polar surface area (TPSA) is 86.8 Å². The maximum absolute atomic E-state index is 14.3. The molecule has 0 saturated carbocycles. The van der Waals surface area contributed by atoms with Crippen LogP contribution in [0.2, 0.25) is 10.0 Å². The summed E-state index contributed by atoms with van der Waals surface area (Å²) in [7, 11) is -2.76. The van der Waals surface area contributed by atoms with Crippen LogP contribution in [0.5, 0.6) is 0 Å². The van der Waals surface area contributed by atoms with Gasteiger partial charge in [-0.1, -0.05) is 102 Å². The molecule has 2 amide bonds. The molecule has 0 fully saturated rings. The van der Waals surface area contributed by atoms with E-state index >= 15 is 0 Å². The number of sulfonamides is 1. The van der Waals surface area contributed by atoms with E-state index in [9.17, 15) is 18.0 Å². The van der Waals surface area contributed by atoms with Gasteiger partial charge in [0.1, 0.15) is 12.6 Å². The van der Waals surface area contributed by atoms with Crippen molar-refractivity contribution in [2.75, 3.05) is 17.9 Å². The fourth-order valence-electron chi connectivity index (χ4n) is 4.52. The number of hydrogen-bond acceptors (Lipinski definition) is 4. The third kappa shape index (κ3) is 7.50. The number of likely N-dealkylation sites (N-methyl/N-ethyl adjacent to an activating group) is 1.